The molecular formula is C18H23ClN4O3S. The summed E-state index contributed by atoms with van der Waals surface area (Å²) in [6, 6.07) is 7.51. The molecule has 0 saturated carbocycles. The summed E-state index contributed by atoms with van der Waals surface area (Å²) in [6.07, 6.45) is 4.00. The molecule has 2 aliphatic heterocycles. The lowest BCUT2D eigenvalue weighted by atomic mass is 9.87. The number of ether oxygens (including phenoxy) is 1. The van der Waals surface area contributed by atoms with Crippen molar-refractivity contribution >= 4 is 27.3 Å². The smallest absolute Gasteiger partial charge is 0.262 e. The van der Waals surface area contributed by atoms with E-state index >= 15 is 0 Å². The van der Waals surface area contributed by atoms with Gasteiger partial charge in [0.1, 0.15) is 0 Å². The van der Waals surface area contributed by atoms with Crippen LogP contribution in [0, 0.1) is 11.8 Å². The molecule has 2 saturated heterocycles. The molecular weight excluding hydrogens is 388 g/mol. The van der Waals surface area contributed by atoms with Gasteiger partial charge in [-0.1, -0.05) is 17.7 Å². The van der Waals surface area contributed by atoms with Crippen molar-refractivity contribution < 1.29 is 13.2 Å². The van der Waals surface area contributed by atoms with E-state index in [0.717, 1.165) is 18.7 Å². The van der Waals surface area contributed by atoms with E-state index in [0.29, 0.717) is 30.6 Å². The van der Waals surface area contributed by atoms with Crippen LogP contribution in [0.2, 0.25) is 5.02 Å². The number of aryl methyl sites for hydroxylation is 1. The summed E-state index contributed by atoms with van der Waals surface area (Å²) in [7, 11) is -1.86. The number of hydrogen-bond acceptors (Lipinski definition) is 5. The van der Waals surface area contributed by atoms with E-state index in [1.807, 2.05) is 24.3 Å². The molecule has 146 valence electrons. The van der Waals surface area contributed by atoms with Crippen LogP contribution in [-0.4, -0.2) is 54.6 Å². The lowest BCUT2D eigenvalue weighted by molar-refractivity contribution is 0.172. The number of rotatable bonds is 5. The van der Waals surface area contributed by atoms with Crippen LogP contribution in [0.4, 0.5) is 5.69 Å². The Kier molecular flexibility index (Phi) is 5.15. The Morgan fingerprint density at radius 1 is 1.33 bits per heavy atom. The number of anilines is 1. The molecule has 3 heterocycles. The molecule has 0 radical (unpaired) electrons. The number of hydrogen-bond donors (Lipinski definition) is 1. The topological polar surface area (TPSA) is 76.5 Å². The van der Waals surface area contributed by atoms with Crippen LogP contribution in [0.3, 0.4) is 0 Å². The van der Waals surface area contributed by atoms with Gasteiger partial charge >= 0.3 is 0 Å². The van der Waals surface area contributed by atoms with Crippen molar-refractivity contribution in [2.45, 2.75) is 17.5 Å². The fourth-order valence-corrected chi connectivity index (χ4v) is 5.62. The second kappa shape index (κ2) is 7.43. The minimum absolute atomic E-state index is 0.00588. The first kappa shape index (κ1) is 18.7. The molecule has 2 fully saturated rings. The van der Waals surface area contributed by atoms with Crippen LogP contribution in [0.15, 0.2) is 41.8 Å². The molecule has 1 N–H and O–H groups in total. The van der Waals surface area contributed by atoms with Gasteiger partial charge in [0.15, 0.2) is 5.03 Å². The molecule has 27 heavy (non-hydrogen) atoms. The molecule has 0 aliphatic carbocycles. The molecule has 3 atom stereocenters. The van der Waals surface area contributed by atoms with Crippen molar-refractivity contribution in [1.82, 2.24) is 13.9 Å². The zero-order valence-corrected chi connectivity index (χ0v) is 16.7. The van der Waals surface area contributed by atoms with Gasteiger partial charge in [0, 0.05) is 56.3 Å². The first-order valence-electron chi connectivity index (χ1n) is 9.01. The predicted octanol–water partition coefficient (Wildman–Crippen LogP) is 2.21. The molecule has 1 unspecified atom stereocenters. The van der Waals surface area contributed by atoms with Gasteiger partial charge in [-0.15, -0.1) is 0 Å². The number of imidazole rings is 1. The van der Waals surface area contributed by atoms with E-state index in [9.17, 15) is 8.42 Å². The van der Waals surface area contributed by atoms with Crippen LogP contribution in [0.5, 0.6) is 0 Å². The number of nitrogens with zero attached hydrogens (tertiary/aromatic N) is 3. The summed E-state index contributed by atoms with van der Waals surface area (Å²) in [5, 5.41) is 4.24. The van der Waals surface area contributed by atoms with Gasteiger partial charge in [0.25, 0.3) is 10.0 Å². The van der Waals surface area contributed by atoms with Gasteiger partial charge in [-0.3, -0.25) is 0 Å². The average molecular weight is 411 g/mol. The molecule has 0 bridgehead atoms. The number of benzene rings is 1. The van der Waals surface area contributed by atoms with E-state index in [1.165, 1.54) is 6.33 Å². The second-order valence-corrected chi connectivity index (χ2v) is 9.57. The van der Waals surface area contributed by atoms with Crippen LogP contribution in [0.1, 0.15) is 6.42 Å². The fourth-order valence-electron chi connectivity index (χ4n) is 3.96. The minimum Gasteiger partial charge on any atom is -0.381 e. The maximum Gasteiger partial charge on any atom is 0.262 e. The van der Waals surface area contributed by atoms with Gasteiger partial charge in [-0.05, 0) is 36.5 Å². The van der Waals surface area contributed by atoms with Gasteiger partial charge < -0.3 is 14.6 Å². The molecule has 2 aliphatic rings. The first-order chi connectivity index (χ1) is 12.9. The average Bonchev–Trinajstić information content (AvgIpc) is 3.34. The van der Waals surface area contributed by atoms with Crippen molar-refractivity contribution in [3.05, 3.63) is 41.8 Å². The highest BCUT2D eigenvalue weighted by Gasteiger charge is 2.44. The Balaban J connectivity index is 1.59. The lowest BCUT2D eigenvalue weighted by Gasteiger charge is -2.25. The van der Waals surface area contributed by atoms with E-state index < -0.39 is 10.0 Å². The number of halogens is 1. The third-order valence-electron chi connectivity index (χ3n) is 5.36. The highest BCUT2D eigenvalue weighted by molar-refractivity contribution is 7.89. The Morgan fingerprint density at radius 2 is 2.19 bits per heavy atom. The number of nitrogens with one attached hydrogen (secondary N) is 1. The van der Waals surface area contributed by atoms with Gasteiger partial charge in [0.05, 0.1) is 6.33 Å². The van der Waals surface area contributed by atoms with Crippen molar-refractivity contribution in [3.63, 3.8) is 0 Å². The van der Waals surface area contributed by atoms with Gasteiger partial charge in [-0.25, -0.2) is 13.4 Å². The molecule has 0 amide bonds. The molecule has 1 aromatic carbocycles. The van der Waals surface area contributed by atoms with Crippen molar-refractivity contribution in [1.29, 1.82) is 0 Å². The standard InChI is InChI=1S/C18H23ClN4O3S/c1-22-10-18(20-12-22)27(24,25)23-8-16(13-5-6-26-11-13)17(9-23)21-15-4-2-3-14(19)7-15/h2-4,7,10,12-13,16-17,21H,5-6,8-9,11H2,1H3/t13?,16-,17+/m1/s1. The summed E-state index contributed by atoms with van der Waals surface area (Å²) in [5.41, 5.74) is 0.897. The monoisotopic (exact) mass is 410 g/mol. The highest BCUT2D eigenvalue weighted by atomic mass is 35.5. The van der Waals surface area contributed by atoms with Gasteiger partial charge in [0.2, 0.25) is 0 Å². The number of sulfonamides is 1. The molecule has 4 rings (SSSR count). The summed E-state index contributed by atoms with van der Waals surface area (Å²) >= 11 is 6.10. The fraction of sp³-hybridized carbons (Fsp3) is 0.500. The zero-order chi connectivity index (χ0) is 19.0. The maximum absolute atomic E-state index is 13.0. The minimum atomic E-state index is -3.62. The molecule has 7 nitrogen and oxygen atoms in total. The Hall–Kier alpha value is -1.61. The SMILES string of the molecule is Cn1cnc(S(=O)(=O)N2C[C@H](Nc3cccc(Cl)c3)[C@@H](C3CCOC3)C2)c1. The van der Waals surface area contributed by atoms with E-state index in [4.69, 9.17) is 16.3 Å². The van der Waals surface area contributed by atoms with Gasteiger partial charge in [-0.2, -0.15) is 4.31 Å². The zero-order valence-electron chi connectivity index (χ0n) is 15.1. The van der Waals surface area contributed by atoms with Crippen LogP contribution in [0.25, 0.3) is 0 Å². The molecule has 1 aromatic heterocycles. The van der Waals surface area contributed by atoms with Crippen LogP contribution in [-0.2, 0) is 21.8 Å². The lowest BCUT2D eigenvalue weighted by Crippen LogP contribution is -2.33. The second-order valence-electron chi connectivity index (χ2n) is 7.25. The summed E-state index contributed by atoms with van der Waals surface area (Å²) in [6.45, 7) is 2.27. The number of aromatic nitrogens is 2. The quantitative estimate of drug-likeness (QED) is 0.817. The third kappa shape index (κ3) is 3.85. The Morgan fingerprint density at radius 3 is 2.85 bits per heavy atom. The Labute approximate surface area is 164 Å². The third-order valence-corrected chi connectivity index (χ3v) is 7.32. The van der Waals surface area contributed by atoms with Crippen LogP contribution >= 0.6 is 11.6 Å². The maximum atomic E-state index is 13.0. The van der Waals surface area contributed by atoms with E-state index in [-0.39, 0.29) is 17.0 Å². The first-order valence-corrected chi connectivity index (χ1v) is 10.8. The molecule has 2 aromatic rings. The van der Waals surface area contributed by atoms with Crippen molar-refractivity contribution in [2.24, 2.45) is 18.9 Å². The largest absolute Gasteiger partial charge is 0.381 e. The van der Waals surface area contributed by atoms with E-state index in [1.54, 1.807) is 22.1 Å². The summed E-state index contributed by atoms with van der Waals surface area (Å²) < 4.78 is 34.8. The normalized spacial score (nSPS) is 26.5. The molecule has 0 spiro atoms. The molecule has 9 heteroatoms. The predicted molar refractivity (Wildman–Crippen MR) is 103 cm³/mol. The van der Waals surface area contributed by atoms with Crippen molar-refractivity contribution in [2.75, 3.05) is 31.6 Å². The van der Waals surface area contributed by atoms with Crippen molar-refractivity contribution in [3.8, 4) is 0 Å². The summed E-state index contributed by atoms with van der Waals surface area (Å²) in [4.78, 5) is 4.05. The highest BCUT2D eigenvalue weighted by Crippen LogP contribution is 2.34. The van der Waals surface area contributed by atoms with E-state index in [2.05, 4.69) is 10.3 Å². The van der Waals surface area contributed by atoms with Crippen LogP contribution < -0.4 is 5.32 Å². The summed E-state index contributed by atoms with van der Waals surface area (Å²) in [5.74, 6) is 0.510. The Bertz CT molecular complexity index is 911.